The molecule has 6 rings (SSSR count). The third kappa shape index (κ3) is 2.12. The van der Waals surface area contributed by atoms with Crippen molar-refractivity contribution in [3.05, 3.63) is 41.1 Å². The molecule has 4 atom stereocenters. The van der Waals surface area contributed by atoms with Gasteiger partial charge in [-0.2, -0.15) is 0 Å². The van der Waals surface area contributed by atoms with E-state index in [1.165, 1.54) is 18.2 Å². The lowest BCUT2D eigenvalue weighted by Gasteiger charge is -2.53. The summed E-state index contributed by atoms with van der Waals surface area (Å²) < 4.78 is 10.9. The Morgan fingerprint density at radius 1 is 1.37 bits per heavy atom. The van der Waals surface area contributed by atoms with Crippen LogP contribution >= 0.6 is 0 Å². The number of fused-ring (bicyclic) bond motifs is 4. The van der Waals surface area contributed by atoms with Crippen LogP contribution in [0.25, 0.3) is 10.9 Å². The number of ether oxygens (including phenoxy) is 2. The van der Waals surface area contributed by atoms with Crippen LogP contribution in [0.5, 0.6) is 5.75 Å². The molecule has 2 aromatic rings. The first-order valence-electron chi connectivity index (χ1n) is 9.84. The normalized spacial score (nSPS) is 31.2. The van der Waals surface area contributed by atoms with Gasteiger partial charge in [0.1, 0.15) is 11.2 Å². The first-order valence-corrected chi connectivity index (χ1v) is 9.84. The highest BCUT2D eigenvalue weighted by Gasteiger charge is 2.59. The maximum atomic E-state index is 13.3. The largest absolute Gasteiger partial charge is 0.497 e. The molecule has 0 saturated carbocycles. The number of esters is 1. The zero-order chi connectivity index (χ0) is 18.8. The Hall–Kier alpha value is -2.27. The van der Waals surface area contributed by atoms with Crippen LogP contribution in [0.4, 0.5) is 0 Å². The minimum absolute atomic E-state index is 0.144. The van der Waals surface area contributed by atoms with Gasteiger partial charge in [0.05, 0.1) is 14.2 Å². The summed E-state index contributed by atoms with van der Waals surface area (Å²) in [5.41, 5.74) is 3.96. The molecule has 1 aromatic heterocycles. The summed E-state index contributed by atoms with van der Waals surface area (Å²) in [5, 5.41) is 1.16. The summed E-state index contributed by atoms with van der Waals surface area (Å²) in [6.45, 7) is 4.18. The number of rotatable bonds is 3. The van der Waals surface area contributed by atoms with Gasteiger partial charge in [0, 0.05) is 35.7 Å². The lowest BCUT2D eigenvalue weighted by Crippen LogP contribution is -2.63. The van der Waals surface area contributed by atoms with Crippen LogP contribution in [0.3, 0.4) is 0 Å². The van der Waals surface area contributed by atoms with Gasteiger partial charge in [0.2, 0.25) is 0 Å². The van der Waals surface area contributed by atoms with Crippen LogP contribution in [0.15, 0.2) is 29.8 Å². The number of aromatic amines is 1. The molecule has 142 valence electrons. The van der Waals surface area contributed by atoms with Crippen LogP contribution in [0, 0.1) is 5.92 Å². The maximum absolute atomic E-state index is 13.3. The van der Waals surface area contributed by atoms with Gasteiger partial charge in [-0.1, -0.05) is 25.0 Å². The van der Waals surface area contributed by atoms with E-state index in [4.69, 9.17) is 9.47 Å². The van der Waals surface area contributed by atoms with E-state index < -0.39 is 5.41 Å². The molecular formula is C22H26N2O3. The van der Waals surface area contributed by atoms with Gasteiger partial charge in [-0.25, -0.2) is 0 Å². The van der Waals surface area contributed by atoms with Crippen LogP contribution in [-0.4, -0.2) is 49.2 Å². The second-order valence-electron chi connectivity index (χ2n) is 8.09. The summed E-state index contributed by atoms with van der Waals surface area (Å²) in [4.78, 5) is 19.5. The fourth-order valence-electron chi connectivity index (χ4n) is 5.82. The molecule has 0 spiro atoms. The van der Waals surface area contributed by atoms with Crippen molar-refractivity contribution in [2.75, 3.05) is 27.3 Å². The smallest absolute Gasteiger partial charge is 0.323 e. The highest BCUT2D eigenvalue weighted by molar-refractivity contribution is 5.94. The van der Waals surface area contributed by atoms with Crippen molar-refractivity contribution in [3.8, 4) is 5.75 Å². The number of nitrogens with one attached hydrogen (secondary N) is 1. The number of carbonyl (C=O) groups is 1. The van der Waals surface area contributed by atoms with Gasteiger partial charge in [-0.3, -0.25) is 9.69 Å². The molecule has 1 aromatic carbocycles. The topological polar surface area (TPSA) is 54.6 Å². The van der Waals surface area contributed by atoms with Crippen LogP contribution in [0.1, 0.15) is 31.0 Å². The number of piperidine rings is 1. The standard InChI is InChI=1S/C22H26N2O3/c1-4-14-9-13-11-22(21(25)27-3)19-16(7-8-24(12-13)20(14)22)17-10-15(26-2)5-6-18(17)23-19/h5-6,10-11,14,20,23H,4,7-9,12H2,1-3H3. The Balaban J connectivity index is 1.82. The van der Waals surface area contributed by atoms with Gasteiger partial charge < -0.3 is 14.5 Å². The predicted molar refractivity (Wildman–Crippen MR) is 104 cm³/mol. The Morgan fingerprint density at radius 2 is 2.22 bits per heavy atom. The van der Waals surface area contributed by atoms with Crippen LogP contribution < -0.4 is 4.74 Å². The van der Waals surface area contributed by atoms with Crippen molar-refractivity contribution < 1.29 is 14.3 Å². The number of carbonyl (C=O) groups excluding carboxylic acids is 1. The fourth-order valence-corrected chi connectivity index (χ4v) is 5.82. The molecule has 4 unspecified atom stereocenters. The van der Waals surface area contributed by atoms with E-state index in [-0.39, 0.29) is 12.0 Å². The Bertz CT molecular complexity index is 960. The molecule has 1 fully saturated rings. The molecule has 1 N–H and O–H groups in total. The van der Waals surface area contributed by atoms with Crippen LogP contribution in [-0.2, 0) is 21.4 Å². The summed E-state index contributed by atoms with van der Waals surface area (Å²) in [6, 6.07) is 6.26. The lowest BCUT2D eigenvalue weighted by atomic mass is 9.61. The molecule has 4 aliphatic rings. The van der Waals surface area contributed by atoms with Crippen molar-refractivity contribution >= 4 is 16.9 Å². The molecule has 1 aliphatic carbocycles. The Kier molecular flexibility index (Phi) is 3.66. The summed E-state index contributed by atoms with van der Waals surface area (Å²) in [5.74, 6) is 1.18. The Morgan fingerprint density at radius 3 is 2.96 bits per heavy atom. The average molecular weight is 366 g/mol. The molecule has 5 nitrogen and oxygen atoms in total. The van der Waals surface area contributed by atoms with Gasteiger partial charge >= 0.3 is 5.97 Å². The quantitative estimate of drug-likeness (QED) is 0.670. The van der Waals surface area contributed by atoms with Gasteiger partial charge in [-0.05, 0) is 42.5 Å². The second-order valence-corrected chi connectivity index (χ2v) is 8.09. The fraction of sp³-hybridized carbons (Fsp3) is 0.500. The first kappa shape index (κ1) is 16.9. The predicted octanol–water partition coefficient (Wildman–Crippen LogP) is 3.18. The summed E-state index contributed by atoms with van der Waals surface area (Å²) in [6.07, 6.45) is 5.32. The summed E-state index contributed by atoms with van der Waals surface area (Å²) in [7, 11) is 3.20. The van der Waals surface area contributed by atoms with Gasteiger partial charge in [0.25, 0.3) is 0 Å². The summed E-state index contributed by atoms with van der Waals surface area (Å²) >= 11 is 0. The van der Waals surface area contributed by atoms with Gasteiger partial charge in [0.15, 0.2) is 0 Å². The molecule has 0 amide bonds. The Labute approximate surface area is 159 Å². The molecule has 4 bridgehead atoms. The van der Waals surface area contributed by atoms with Crippen molar-refractivity contribution in [1.29, 1.82) is 0 Å². The highest BCUT2D eigenvalue weighted by Crippen LogP contribution is 2.52. The SMILES string of the molecule is CCC1CC2=CC3(C(=O)OC)c4[nH]c5ccc(OC)cc5c4CCN(C2)C13. The van der Waals surface area contributed by atoms with E-state index in [9.17, 15) is 4.79 Å². The van der Waals surface area contributed by atoms with Crippen molar-refractivity contribution in [3.63, 3.8) is 0 Å². The third-order valence-corrected chi connectivity index (χ3v) is 6.89. The van der Waals surface area contributed by atoms with E-state index in [1.807, 2.05) is 6.07 Å². The molecule has 27 heavy (non-hydrogen) atoms. The van der Waals surface area contributed by atoms with E-state index in [0.29, 0.717) is 5.92 Å². The minimum Gasteiger partial charge on any atom is -0.497 e. The average Bonchev–Trinajstić information content (AvgIpc) is 3.04. The number of aromatic nitrogens is 1. The number of benzene rings is 1. The number of hydrogen-bond acceptors (Lipinski definition) is 4. The van der Waals surface area contributed by atoms with Crippen molar-refractivity contribution in [1.82, 2.24) is 9.88 Å². The number of nitrogens with zero attached hydrogens (tertiary/aromatic N) is 1. The number of H-pyrrole nitrogens is 1. The molecule has 3 aliphatic heterocycles. The van der Waals surface area contributed by atoms with E-state index in [2.05, 4.69) is 35.0 Å². The molecular weight excluding hydrogens is 340 g/mol. The molecule has 1 saturated heterocycles. The first-order chi connectivity index (χ1) is 13.1. The van der Waals surface area contributed by atoms with Crippen molar-refractivity contribution in [2.24, 2.45) is 5.92 Å². The second kappa shape index (κ2) is 5.86. The lowest BCUT2D eigenvalue weighted by molar-refractivity contribution is -0.150. The maximum Gasteiger partial charge on any atom is 0.323 e. The highest BCUT2D eigenvalue weighted by atomic mass is 16.5. The third-order valence-electron chi connectivity index (χ3n) is 6.89. The number of hydrogen-bond donors (Lipinski definition) is 1. The monoisotopic (exact) mass is 366 g/mol. The van der Waals surface area contributed by atoms with Crippen molar-refractivity contribution in [2.45, 2.75) is 37.6 Å². The zero-order valence-electron chi connectivity index (χ0n) is 16.2. The zero-order valence-corrected chi connectivity index (χ0v) is 16.2. The van der Waals surface area contributed by atoms with Gasteiger partial charge in [-0.15, -0.1) is 0 Å². The van der Waals surface area contributed by atoms with E-state index in [0.717, 1.165) is 54.7 Å². The van der Waals surface area contributed by atoms with E-state index >= 15 is 0 Å². The minimum atomic E-state index is -0.737. The molecule has 5 heteroatoms. The van der Waals surface area contributed by atoms with E-state index in [1.54, 1.807) is 7.11 Å². The molecule has 0 radical (unpaired) electrons. The van der Waals surface area contributed by atoms with Crippen LogP contribution in [0.2, 0.25) is 0 Å². The molecule has 4 heterocycles. The number of methoxy groups -OCH3 is 2.